The van der Waals surface area contributed by atoms with E-state index < -0.39 is 15.9 Å². The minimum absolute atomic E-state index is 0.0657. The summed E-state index contributed by atoms with van der Waals surface area (Å²) >= 11 is 6.16. The topological polar surface area (TPSA) is 66.9 Å². The first kappa shape index (κ1) is 22.5. The molecule has 9 heteroatoms. The van der Waals surface area contributed by atoms with Crippen LogP contribution in [0.3, 0.4) is 0 Å². The number of carbonyl (C=O) groups is 1. The van der Waals surface area contributed by atoms with Crippen molar-refractivity contribution < 1.29 is 22.3 Å². The van der Waals surface area contributed by atoms with Gasteiger partial charge in [-0.2, -0.15) is 4.31 Å². The lowest BCUT2D eigenvalue weighted by atomic mass is 9.98. The summed E-state index contributed by atoms with van der Waals surface area (Å²) in [6.45, 7) is 2.65. The summed E-state index contributed by atoms with van der Waals surface area (Å²) < 4.78 is 46.1. The molecule has 1 saturated heterocycles. The number of sulfonamides is 1. The van der Waals surface area contributed by atoms with E-state index in [1.165, 1.54) is 51.7 Å². The van der Waals surface area contributed by atoms with Gasteiger partial charge in [0.1, 0.15) is 11.6 Å². The molecule has 1 fully saturated rings. The predicted octanol–water partition coefficient (Wildman–Crippen LogP) is 3.94. The molecule has 0 radical (unpaired) electrons. The second kappa shape index (κ2) is 9.32. The highest BCUT2D eigenvalue weighted by Gasteiger charge is 2.35. The van der Waals surface area contributed by atoms with Gasteiger partial charge in [-0.1, -0.05) is 11.6 Å². The van der Waals surface area contributed by atoms with Crippen LogP contribution >= 0.6 is 11.6 Å². The van der Waals surface area contributed by atoms with E-state index in [0.29, 0.717) is 37.4 Å². The summed E-state index contributed by atoms with van der Waals surface area (Å²) in [4.78, 5) is 14.4. The van der Waals surface area contributed by atoms with Gasteiger partial charge in [-0.25, -0.2) is 12.8 Å². The highest BCUT2D eigenvalue weighted by Crippen LogP contribution is 2.31. The third kappa shape index (κ3) is 4.77. The minimum atomic E-state index is -3.81. The zero-order chi connectivity index (χ0) is 21.9. The highest BCUT2D eigenvalue weighted by atomic mass is 35.5. The van der Waals surface area contributed by atoms with Crippen molar-refractivity contribution in [2.24, 2.45) is 5.92 Å². The van der Waals surface area contributed by atoms with E-state index >= 15 is 0 Å². The largest absolute Gasteiger partial charge is 0.492 e. The number of ether oxygens (including phenoxy) is 1. The normalized spacial score (nSPS) is 17.5. The van der Waals surface area contributed by atoms with Gasteiger partial charge in [-0.05, 0) is 62.2 Å². The quantitative estimate of drug-likeness (QED) is 0.663. The molecule has 0 aliphatic carbocycles. The summed E-state index contributed by atoms with van der Waals surface area (Å²) in [6.07, 6.45) is 1.15. The number of piperidine rings is 1. The molecular formula is C21H24ClFN2O4S. The smallest absolute Gasteiger partial charge is 0.243 e. The van der Waals surface area contributed by atoms with E-state index in [0.717, 1.165) is 0 Å². The number of benzene rings is 2. The predicted molar refractivity (Wildman–Crippen MR) is 114 cm³/mol. The van der Waals surface area contributed by atoms with Crippen LogP contribution in [0, 0.1) is 11.7 Å². The lowest BCUT2D eigenvalue weighted by Crippen LogP contribution is -2.45. The van der Waals surface area contributed by atoms with Gasteiger partial charge in [0.2, 0.25) is 15.9 Å². The van der Waals surface area contributed by atoms with Crippen molar-refractivity contribution in [3.05, 3.63) is 53.3 Å². The Bertz CT molecular complexity index is 1010. The summed E-state index contributed by atoms with van der Waals surface area (Å²) in [5.41, 5.74) is 0.555. The van der Waals surface area contributed by atoms with E-state index in [-0.39, 0.29) is 28.2 Å². The molecule has 1 heterocycles. The lowest BCUT2D eigenvalue weighted by Gasteiger charge is -2.33. The van der Waals surface area contributed by atoms with Crippen LogP contribution in [0.15, 0.2) is 47.4 Å². The van der Waals surface area contributed by atoms with Crippen molar-refractivity contribution in [1.29, 1.82) is 0 Å². The Balaban J connectivity index is 1.77. The Morgan fingerprint density at radius 3 is 2.60 bits per heavy atom. The Labute approximate surface area is 181 Å². The Morgan fingerprint density at radius 2 is 1.97 bits per heavy atom. The molecule has 2 aromatic rings. The van der Waals surface area contributed by atoms with E-state index in [9.17, 15) is 17.6 Å². The molecule has 1 aliphatic heterocycles. The number of rotatable bonds is 6. The lowest BCUT2D eigenvalue weighted by molar-refractivity contribution is -0.123. The van der Waals surface area contributed by atoms with Crippen LogP contribution in [-0.4, -0.2) is 45.4 Å². The van der Waals surface area contributed by atoms with E-state index in [2.05, 4.69) is 0 Å². The molecule has 30 heavy (non-hydrogen) atoms. The van der Waals surface area contributed by atoms with Gasteiger partial charge >= 0.3 is 0 Å². The number of hydrogen-bond acceptors (Lipinski definition) is 4. The first-order valence-electron chi connectivity index (χ1n) is 9.69. The van der Waals surface area contributed by atoms with Crippen LogP contribution < -0.4 is 9.64 Å². The van der Waals surface area contributed by atoms with Gasteiger partial charge in [0.15, 0.2) is 0 Å². The standard InChI is InChI=1S/C21H24ClFN2O4S/c1-3-29-20-11-10-18(13-19(20)22)30(27,28)25-12-4-5-15(14-25)21(26)24(2)17-8-6-16(23)7-9-17/h6-11,13,15H,3-5,12,14H2,1-2H3. The fourth-order valence-electron chi connectivity index (χ4n) is 3.49. The van der Waals surface area contributed by atoms with Crippen LogP contribution in [0.1, 0.15) is 19.8 Å². The molecule has 0 spiro atoms. The third-order valence-electron chi connectivity index (χ3n) is 5.12. The maximum atomic E-state index is 13.2. The van der Waals surface area contributed by atoms with Crippen LogP contribution in [0.25, 0.3) is 0 Å². The fourth-order valence-corrected chi connectivity index (χ4v) is 5.34. The van der Waals surface area contributed by atoms with Crippen molar-refractivity contribution in [2.75, 3.05) is 31.6 Å². The molecule has 6 nitrogen and oxygen atoms in total. The van der Waals surface area contributed by atoms with Gasteiger partial charge in [-0.3, -0.25) is 4.79 Å². The monoisotopic (exact) mass is 454 g/mol. The minimum Gasteiger partial charge on any atom is -0.492 e. The molecule has 1 amide bonds. The molecular weight excluding hydrogens is 431 g/mol. The van der Waals surface area contributed by atoms with Gasteiger partial charge in [0, 0.05) is 25.8 Å². The van der Waals surface area contributed by atoms with Crippen molar-refractivity contribution in [3.63, 3.8) is 0 Å². The number of hydrogen-bond donors (Lipinski definition) is 0. The van der Waals surface area contributed by atoms with Crippen LogP contribution in [0.2, 0.25) is 5.02 Å². The van der Waals surface area contributed by atoms with Crippen LogP contribution in [0.4, 0.5) is 10.1 Å². The zero-order valence-electron chi connectivity index (χ0n) is 16.8. The van der Waals surface area contributed by atoms with E-state index in [1.807, 2.05) is 6.92 Å². The summed E-state index contributed by atoms with van der Waals surface area (Å²) in [5.74, 6) is -0.651. The van der Waals surface area contributed by atoms with Crippen molar-refractivity contribution in [1.82, 2.24) is 4.31 Å². The highest BCUT2D eigenvalue weighted by molar-refractivity contribution is 7.89. The molecule has 0 saturated carbocycles. The van der Waals surface area contributed by atoms with Crippen LogP contribution in [-0.2, 0) is 14.8 Å². The van der Waals surface area contributed by atoms with Gasteiger partial charge < -0.3 is 9.64 Å². The molecule has 1 atom stereocenters. The Morgan fingerprint density at radius 1 is 1.27 bits per heavy atom. The molecule has 3 rings (SSSR count). The SMILES string of the molecule is CCOc1ccc(S(=O)(=O)N2CCCC(C(=O)N(C)c3ccc(F)cc3)C2)cc1Cl. The van der Waals surface area contributed by atoms with Crippen molar-refractivity contribution in [3.8, 4) is 5.75 Å². The van der Waals surface area contributed by atoms with Gasteiger partial charge in [0.25, 0.3) is 0 Å². The number of halogens is 2. The molecule has 2 aromatic carbocycles. The number of carbonyl (C=O) groups excluding carboxylic acids is 1. The summed E-state index contributed by atoms with van der Waals surface area (Å²) in [7, 11) is -2.20. The van der Waals surface area contributed by atoms with Gasteiger partial charge in [-0.15, -0.1) is 0 Å². The molecule has 1 unspecified atom stereocenters. The van der Waals surface area contributed by atoms with Crippen molar-refractivity contribution in [2.45, 2.75) is 24.7 Å². The second-order valence-corrected chi connectivity index (χ2v) is 9.45. The van der Waals surface area contributed by atoms with Crippen molar-refractivity contribution >= 4 is 33.2 Å². The van der Waals surface area contributed by atoms with E-state index in [1.54, 1.807) is 7.05 Å². The average molecular weight is 455 g/mol. The first-order valence-corrected chi connectivity index (χ1v) is 11.5. The Kier molecular flexibility index (Phi) is 7.00. The van der Waals surface area contributed by atoms with Crippen LogP contribution in [0.5, 0.6) is 5.75 Å². The molecule has 162 valence electrons. The zero-order valence-corrected chi connectivity index (χ0v) is 18.4. The number of anilines is 1. The van der Waals surface area contributed by atoms with Gasteiger partial charge in [0.05, 0.1) is 22.4 Å². The number of nitrogens with zero attached hydrogens (tertiary/aromatic N) is 2. The maximum Gasteiger partial charge on any atom is 0.243 e. The third-order valence-corrected chi connectivity index (χ3v) is 7.28. The van der Waals surface area contributed by atoms with E-state index in [4.69, 9.17) is 16.3 Å². The number of amides is 1. The first-order chi connectivity index (χ1) is 14.2. The fraction of sp³-hybridized carbons (Fsp3) is 0.381. The maximum absolute atomic E-state index is 13.2. The average Bonchev–Trinajstić information content (AvgIpc) is 2.75. The molecule has 0 bridgehead atoms. The second-order valence-electron chi connectivity index (χ2n) is 7.10. The molecule has 0 N–H and O–H groups in total. The summed E-state index contributed by atoms with van der Waals surface area (Å²) in [5, 5.41) is 0.221. The summed E-state index contributed by atoms with van der Waals surface area (Å²) in [6, 6.07) is 9.98. The molecule has 0 aromatic heterocycles. The molecule has 1 aliphatic rings. The Hall–Kier alpha value is -2.16.